The second kappa shape index (κ2) is 14.9. The number of rotatable bonds is 9. The van der Waals surface area contributed by atoms with Gasteiger partial charge in [0.25, 0.3) is 0 Å². The molecule has 0 spiro atoms. The lowest BCUT2D eigenvalue weighted by molar-refractivity contribution is 0.113. The monoisotopic (exact) mass is 232 g/mol. The molecule has 0 aliphatic carbocycles. The summed E-state index contributed by atoms with van der Waals surface area (Å²) in [7, 11) is 0. The van der Waals surface area contributed by atoms with Crippen molar-refractivity contribution in [1.29, 1.82) is 0 Å². The standard InChI is InChI=1S/C11H26N2O.C2H6/c1-4-5-8-14-9-6-7-13(10-12)11(2)3;1-2/h11H,4-10,12H2,1-3H3;1-2H3. The van der Waals surface area contributed by atoms with Gasteiger partial charge in [0.15, 0.2) is 0 Å². The van der Waals surface area contributed by atoms with Crippen LogP contribution in [0.25, 0.3) is 0 Å². The van der Waals surface area contributed by atoms with Crippen LogP contribution in [-0.2, 0) is 4.74 Å². The molecule has 0 bridgehead atoms. The molecule has 0 aliphatic rings. The summed E-state index contributed by atoms with van der Waals surface area (Å²) < 4.78 is 5.48. The van der Waals surface area contributed by atoms with Gasteiger partial charge >= 0.3 is 0 Å². The highest BCUT2D eigenvalue weighted by Crippen LogP contribution is 1.97. The Morgan fingerprint density at radius 1 is 1.12 bits per heavy atom. The van der Waals surface area contributed by atoms with Crippen molar-refractivity contribution in [2.45, 2.75) is 59.9 Å². The van der Waals surface area contributed by atoms with Crippen molar-refractivity contribution < 1.29 is 4.74 Å². The molecule has 0 saturated heterocycles. The third-order valence-electron chi connectivity index (χ3n) is 2.34. The van der Waals surface area contributed by atoms with E-state index in [4.69, 9.17) is 10.5 Å². The van der Waals surface area contributed by atoms with Crippen LogP contribution in [0, 0.1) is 0 Å². The lowest BCUT2D eigenvalue weighted by Gasteiger charge is -2.24. The fourth-order valence-corrected chi connectivity index (χ4v) is 1.28. The summed E-state index contributed by atoms with van der Waals surface area (Å²) in [5, 5.41) is 0. The molecule has 0 saturated carbocycles. The van der Waals surface area contributed by atoms with E-state index in [1.54, 1.807) is 0 Å². The zero-order chi connectivity index (χ0) is 12.8. The largest absolute Gasteiger partial charge is 0.381 e. The number of nitrogens with zero attached hydrogens (tertiary/aromatic N) is 1. The molecule has 3 heteroatoms. The number of hydrogen-bond donors (Lipinski definition) is 1. The van der Waals surface area contributed by atoms with E-state index < -0.39 is 0 Å². The van der Waals surface area contributed by atoms with Crippen LogP contribution in [0.3, 0.4) is 0 Å². The molecule has 0 rings (SSSR count). The van der Waals surface area contributed by atoms with E-state index in [9.17, 15) is 0 Å². The Hall–Kier alpha value is -0.120. The van der Waals surface area contributed by atoms with Gasteiger partial charge in [-0.05, 0) is 26.7 Å². The highest BCUT2D eigenvalue weighted by atomic mass is 16.5. The quantitative estimate of drug-likeness (QED) is 0.491. The molecule has 0 fully saturated rings. The van der Waals surface area contributed by atoms with Crippen LogP contribution in [0.5, 0.6) is 0 Å². The Balaban J connectivity index is 0. The van der Waals surface area contributed by atoms with Crippen molar-refractivity contribution in [3.63, 3.8) is 0 Å². The summed E-state index contributed by atoms with van der Waals surface area (Å²) in [6.45, 7) is 14.0. The van der Waals surface area contributed by atoms with E-state index >= 15 is 0 Å². The van der Waals surface area contributed by atoms with Crippen LogP contribution in [0.2, 0.25) is 0 Å². The molecule has 0 aromatic rings. The lowest BCUT2D eigenvalue weighted by atomic mass is 10.3. The Kier molecular flexibility index (Phi) is 17.0. The summed E-state index contributed by atoms with van der Waals surface area (Å²) in [5.41, 5.74) is 5.62. The Bertz CT molecular complexity index is 119. The molecule has 0 aliphatic heterocycles. The van der Waals surface area contributed by atoms with E-state index in [1.165, 1.54) is 12.8 Å². The van der Waals surface area contributed by atoms with E-state index in [-0.39, 0.29) is 0 Å². The summed E-state index contributed by atoms with van der Waals surface area (Å²) in [6.07, 6.45) is 3.46. The lowest BCUT2D eigenvalue weighted by Crippen LogP contribution is -2.37. The topological polar surface area (TPSA) is 38.5 Å². The van der Waals surface area contributed by atoms with Crippen molar-refractivity contribution in [3.05, 3.63) is 0 Å². The first-order valence-electron chi connectivity index (χ1n) is 6.74. The molecule has 0 heterocycles. The highest BCUT2D eigenvalue weighted by Gasteiger charge is 2.05. The predicted molar refractivity (Wildman–Crippen MR) is 72.6 cm³/mol. The van der Waals surface area contributed by atoms with Crippen molar-refractivity contribution in [2.75, 3.05) is 26.4 Å². The van der Waals surface area contributed by atoms with Gasteiger partial charge < -0.3 is 10.5 Å². The van der Waals surface area contributed by atoms with Gasteiger partial charge in [-0.1, -0.05) is 27.2 Å². The Morgan fingerprint density at radius 2 is 1.69 bits per heavy atom. The molecule has 0 radical (unpaired) electrons. The Morgan fingerprint density at radius 3 is 2.12 bits per heavy atom. The molecular formula is C13H32N2O. The third kappa shape index (κ3) is 12.0. The van der Waals surface area contributed by atoms with Crippen LogP contribution < -0.4 is 5.73 Å². The van der Waals surface area contributed by atoms with Gasteiger partial charge in [-0.2, -0.15) is 0 Å². The average molecular weight is 232 g/mol. The van der Waals surface area contributed by atoms with E-state index in [0.717, 1.165) is 26.2 Å². The maximum atomic E-state index is 5.62. The van der Waals surface area contributed by atoms with Crippen LogP contribution in [0.15, 0.2) is 0 Å². The summed E-state index contributed by atoms with van der Waals surface area (Å²) in [5.74, 6) is 0. The molecule has 2 N–H and O–H groups in total. The van der Waals surface area contributed by atoms with Gasteiger partial charge in [0, 0.05) is 32.5 Å². The first-order chi connectivity index (χ1) is 7.72. The van der Waals surface area contributed by atoms with Gasteiger partial charge in [0.1, 0.15) is 0 Å². The normalized spacial score (nSPS) is 10.5. The van der Waals surface area contributed by atoms with E-state index in [0.29, 0.717) is 12.7 Å². The molecule has 16 heavy (non-hydrogen) atoms. The van der Waals surface area contributed by atoms with Crippen LogP contribution >= 0.6 is 0 Å². The van der Waals surface area contributed by atoms with Gasteiger partial charge in [0.2, 0.25) is 0 Å². The van der Waals surface area contributed by atoms with Crippen LogP contribution in [0.4, 0.5) is 0 Å². The molecule has 0 atom stereocenters. The Labute approximate surface area is 102 Å². The molecule has 0 amide bonds. The van der Waals surface area contributed by atoms with Gasteiger partial charge in [-0.15, -0.1) is 0 Å². The van der Waals surface area contributed by atoms with Gasteiger partial charge in [0.05, 0.1) is 0 Å². The van der Waals surface area contributed by atoms with Crippen molar-refractivity contribution >= 4 is 0 Å². The van der Waals surface area contributed by atoms with Crippen LogP contribution in [0.1, 0.15) is 53.9 Å². The molecular weight excluding hydrogens is 200 g/mol. The van der Waals surface area contributed by atoms with E-state index in [1.807, 2.05) is 13.8 Å². The number of ether oxygens (including phenoxy) is 1. The van der Waals surface area contributed by atoms with Crippen LogP contribution in [-0.4, -0.2) is 37.4 Å². The van der Waals surface area contributed by atoms with Crippen molar-refractivity contribution in [2.24, 2.45) is 5.73 Å². The fourth-order valence-electron chi connectivity index (χ4n) is 1.28. The summed E-state index contributed by atoms with van der Waals surface area (Å²) >= 11 is 0. The molecule has 0 aromatic carbocycles. The number of unbranched alkanes of at least 4 members (excludes halogenated alkanes) is 1. The fraction of sp³-hybridized carbons (Fsp3) is 1.00. The van der Waals surface area contributed by atoms with Gasteiger partial charge in [-0.3, -0.25) is 4.90 Å². The van der Waals surface area contributed by atoms with Crippen molar-refractivity contribution in [3.8, 4) is 0 Å². The SMILES string of the molecule is CC.CCCCOCCCN(CN)C(C)C. The summed E-state index contributed by atoms with van der Waals surface area (Å²) in [4.78, 5) is 2.25. The second-order valence-corrected chi connectivity index (χ2v) is 3.91. The minimum Gasteiger partial charge on any atom is -0.381 e. The minimum atomic E-state index is 0.538. The maximum absolute atomic E-state index is 5.62. The summed E-state index contributed by atoms with van der Waals surface area (Å²) in [6, 6.07) is 0.538. The number of hydrogen-bond acceptors (Lipinski definition) is 3. The predicted octanol–water partition coefficient (Wildman–Crippen LogP) is 2.85. The molecule has 0 unspecified atom stereocenters. The zero-order valence-electron chi connectivity index (χ0n) is 12.0. The smallest absolute Gasteiger partial charge is 0.0478 e. The number of nitrogens with two attached hydrogens (primary N) is 1. The first kappa shape index (κ1) is 18.3. The third-order valence-corrected chi connectivity index (χ3v) is 2.34. The maximum Gasteiger partial charge on any atom is 0.0478 e. The van der Waals surface area contributed by atoms with Crippen molar-refractivity contribution in [1.82, 2.24) is 4.90 Å². The first-order valence-corrected chi connectivity index (χ1v) is 6.74. The molecule has 100 valence electrons. The molecule has 3 nitrogen and oxygen atoms in total. The average Bonchev–Trinajstić information content (AvgIpc) is 2.30. The van der Waals surface area contributed by atoms with E-state index in [2.05, 4.69) is 25.7 Å². The second-order valence-electron chi connectivity index (χ2n) is 3.91. The zero-order valence-corrected chi connectivity index (χ0v) is 12.0. The van der Waals surface area contributed by atoms with Gasteiger partial charge in [-0.25, -0.2) is 0 Å². The highest BCUT2D eigenvalue weighted by molar-refractivity contribution is 4.59. The minimum absolute atomic E-state index is 0.538. The molecule has 0 aromatic heterocycles.